The molecule has 35 heavy (non-hydrogen) atoms. The predicted octanol–water partition coefficient (Wildman–Crippen LogP) is 3.95. The monoisotopic (exact) mass is 497 g/mol. The summed E-state index contributed by atoms with van der Waals surface area (Å²) in [5.74, 6) is 1.40. The number of benzene rings is 2. The van der Waals surface area contributed by atoms with Gasteiger partial charge >= 0.3 is 0 Å². The highest BCUT2D eigenvalue weighted by Crippen LogP contribution is 2.32. The van der Waals surface area contributed by atoms with Crippen molar-refractivity contribution in [2.24, 2.45) is 0 Å². The molecular weight excluding hydrogens is 466 g/mol. The maximum atomic E-state index is 13.1. The Morgan fingerprint density at radius 2 is 1.91 bits per heavy atom. The average molecular weight is 498 g/mol. The van der Waals surface area contributed by atoms with Gasteiger partial charge in [0.2, 0.25) is 5.91 Å². The molecule has 0 spiro atoms. The maximum absolute atomic E-state index is 13.1. The largest absolute Gasteiger partial charge is 0.486 e. The molecule has 9 heteroatoms. The Balaban J connectivity index is 1.44. The maximum Gasteiger partial charge on any atom is 0.262 e. The molecule has 3 aromatic rings. The molecule has 0 saturated heterocycles. The molecule has 1 N–H and O–H groups in total. The van der Waals surface area contributed by atoms with Gasteiger partial charge in [-0.05, 0) is 57.0 Å². The summed E-state index contributed by atoms with van der Waals surface area (Å²) in [5.41, 5.74) is 1.45. The van der Waals surface area contributed by atoms with E-state index in [1.165, 1.54) is 11.8 Å². The first-order chi connectivity index (χ1) is 16.9. The fourth-order valence-electron chi connectivity index (χ4n) is 3.82. The van der Waals surface area contributed by atoms with Crippen LogP contribution in [-0.2, 0) is 16.1 Å². The Kier molecular flexibility index (Phi) is 8.30. The number of fused-ring (bicyclic) bond motifs is 2. The van der Waals surface area contributed by atoms with Crippen molar-refractivity contribution in [2.45, 2.75) is 51.0 Å². The van der Waals surface area contributed by atoms with Gasteiger partial charge in [-0.3, -0.25) is 14.2 Å². The van der Waals surface area contributed by atoms with Gasteiger partial charge in [-0.1, -0.05) is 30.0 Å². The molecule has 1 amide bonds. The van der Waals surface area contributed by atoms with Crippen LogP contribution in [0.4, 0.5) is 0 Å². The van der Waals surface area contributed by atoms with Crippen molar-refractivity contribution in [1.29, 1.82) is 0 Å². The fraction of sp³-hybridized carbons (Fsp3) is 0.423. The van der Waals surface area contributed by atoms with E-state index in [1.807, 2.05) is 57.2 Å². The summed E-state index contributed by atoms with van der Waals surface area (Å²) in [5, 5.41) is 4.11. The third kappa shape index (κ3) is 6.35. The SMILES string of the molecule is CC(C)OCCCn1c(SCC(=O)N[C@@H](C)c2ccc3c(c2)OCCO3)nc2ccccc2c1=O. The van der Waals surface area contributed by atoms with E-state index in [0.29, 0.717) is 60.3 Å². The van der Waals surface area contributed by atoms with Gasteiger partial charge in [0.15, 0.2) is 16.7 Å². The Hall–Kier alpha value is -3.04. The first-order valence-corrected chi connectivity index (χ1v) is 12.8. The van der Waals surface area contributed by atoms with Crippen molar-refractivity contribution in [3.8, 4) is 11.5 Å². The highest BCUT2D eigenvalue weighted by atomic mass is 32.2. The molecule has 0 saturated carbocycles. The van der Waals surface area contributed by atoms with Gasteiger partial charge in [0.1, 0.15) is 13.2 Å². The van der Waals surface area contributed by atoms with Crippen LogP contribution in [0.2, 0.25) is 0 Å². The molecule has 1 atom stereocenters. The van der Waals surface area contributed by atoms with Gasteiger partial charge in [0, 0.05) is 13.2 Å². The van der Waals surface area contributed by atoms with E-state index in [0.717, 1.165) is 5.56 Å². The first-order valence-electron chi connectivity index (χ1n) is 11.9. The molecule has 1 aromatic heterocycles. The summed E-state index contributed by atoms with van der Waals surface area (Å²) in [6.07, 6.45) is 0.814. The molecule has 1 aliphatic heterocycles. The van der Waals surface area contributed by atoms with Gasteiger partial charge in [0.25, 0.3) is 5.56 Å². The molecule has 2 aromatic carbocycles. The number of carbonyl (C=O) groups excluding carboxylic acids is 1. The minimum Gasteiger partial charge on any atom is -0.486 e. The van der Waals surface area contributed by atoms with Crippen LogP contribution in [0.25, 0.3) is 10.9 Å². The van der Waals surface area contributed by atoms with Crippen molar-refractivity contribution in [1.82, 2.24) is 14.9 Å². The molecule has 2 heterocycles. The van der Waals surface area contributed by atoms with Gasteiger partial charge in [-0.15, -0.1) is 0 Å². The van der Waals surface area contributed by atoms with Crippen LogP contribution >= 0.6 is 11.8 Å². The van der Waals surface area contributed by atoms with Crippen molar-refractivity contribution in [3.63, 3.8) is 0 Å². The van der Waals surface area contributed by atoms with E-state index in [2.05, 4.69) is 10.3 Å². The number of aromatic nitrogens is 2. The summed E-state index contributed by atoms with van der Waals surface area (Å²) in [7, 11) is 0. The molecular formula is C26H31N3O5S. The van der Waals surface area contributed by atoms with Crippen molar-refractivity contribution in [3.05, 3.63) is 58.4 Å². The van der Waals surface area contributed by atoms with Crippen molar-refractivity contribution < 1.29 is 19.0 Å². The number of thioether (sulfide) groups is 1. The summed E-state index contributed by atoms with van der Waals surface area (Å²) in [6.45, 7) is 7.96. The smallest absolute Gasteiger partial charge is 0.262 e. The number of hydrogen-bond donors (Lipinski definition) is 1. The van der Waals surface area contributed by atoms with Crippen LogP contribution in [0, 0.1) is 0 Å². The summed E-state index contributed by atoms with van der Waals surface area (Å²) >= 11 is 1.26. The quantitative estimate of drug-likeness (QED) is 0.258. The van der Waals surface area contributed by atoms with Crippen LogP contribution < -0.4 is 20.3 Å². The zero-order valence-electron chi connectivity index (χ0n) is 20.3. The number of hydrogen-bond acceptors (Lipinski definition) is 7. The molecule has 186 valence electrons. The Morgan fingerprint density at radius 1 is 1.14 bits per heavy atom. The molecule has 4 rings (SSSR count). The lowest BCUT2D eigenvalue weighted by Gasteiger charge is -2.21. The molecule has 8 nitrogen and oxygen atoms in total. The highest BCUT2D eigenvalue weighted by Gasteiger charge is 2.17. The lowest BCUT2D eigenvalue weighted by molar-refractivity contribution is -0.119. The Morgan fingerprint density at radius 3 is 2.71 bits per heavy atom. The number of ether oxygens (including phenoxy) is 3. The lowest BCUT2D eigenvalue weighted by atomic mass is 10.1. The zero-order chi connectivity index (χ0) is 24.8. The number of para-hydroxylation sites is 1. The number of nitrogens with zero attached hydrogens (tertiary/aromatic N) is 2. The van der Waals surface area contributed by atoms with Gasteiger partial charge < -0.3 is 19.5 Å². The number of rotatable bonds is 10. The normalized spacial score (nSPS) is 13.7. The van der Waals surface area contributed by atoms with E-state index >= 15 is 0 Å². The lowest BCUT2D eigenvalue weighted by Crippen LogP contribution is -2.29. The molecule has 0 unspecified atom stereocenters. The third-order valence-corrected chi connectivity index (χ3v) is 6.56. The molecule has 0 radical (unpaired) electrons. The van der Waals surface area contributed by atoms with Crippen LogP contribution in [-0.4, -0.2) is 47.1 Å². The third-order valence-electron chi connectivity index (χ3n) is 5.58. The number of nitrogens with one attached hydrogen (secondary N) is 1. The predicted molar refractivity (Wildman–Crippen MR) is 136 cm³/mol. The second kappa shape index (κ2) is 11.6. The van der Waals surface area contributed by atoms with E-state index < -0.39 is 0 Å². The van der Waals surface area contributed by atoms with E-state index in [9.17, 15) is 9.59 Å². The average Bonchev–Trinajstić information content (AvgIpc) is 2.86. The van der Waals surface area contributed by atoms with E-state index in [4.69, 9.17) is 14.2 Å². The Labute approximate surface area is 209 Å². The van der Waals surface area contributed by atoms with Gasteiger partial charge in [0.05, 0.1) is 28.8 Å². The number of amides is 1. The van der Waals surface area contributed by atoms with Gasteiger partial charge in [-0.2, -0.15) is 0 Å². The van der Waals surface area contributed by atoms with Crippen molar-refractivity contribution in [2.75, 3.05) is 25.6 Å². The molecule has 1 aliphatic rings. The zero-order valence-corrected chi connectivity index (χ0v) is 21.1. The summed E-state index contributed by atoms with van der Waals surface area (Å²) in [4.78, 5) is 30.6. The topological polar surface area (TPSA) is 91.7 Å². The first kappa shape index (κ1) is 25.1. The molecule has 0 bridgehead atoms. The van der Waals surface area contributed by atoms with Crippen LogP contribution in [0.3, 0.4) is 0 Å². The van der Waals surface area contributed by atoms with Crippen LogP contribution in [0.1, 0.15) is 38.8 Å². The van der Waals surface area contributed by atoms with Crippen LogP contribution in [0.15, 0.2) is 52.4 Å². The van der Waals surface area contributed by atoms with E-state index in [1.54, 1.807) is 10.6 Å². The second-order valence-electron chi connectivity index (χ2n) is 8.62. The highest BCUT2D eigenvalue weighted by molar-refractivity contribution is 7.99. The minimum atomic E-state index is -0.209. The standard InChI is InChI=1S/C26H31N3O5S/c1-17(2)32-12-6-11-29-25(31)20-7-4-5-8-21(20)28-26(29)35-16-24(30)27-18(3)19-9-10-22-23(15-19)34-14-13-33-22/h4-5,7-10,15,17-18H,6,11-14,16H2,1-3H3,(H,27,30)/t18-/m0/s1. The number of carbonyl (C=O) groups is 1. The molecule has 0 fully saturated rings. The summed E-state index contributed by atoms with van der Waals surface area (Å²) < 4.78 is 18.5. The van der Waals surface area contributed by atoms with Gasteiger partial charge in [-0.25, -0.2) is 4.98 Å². The van der Waals surface area contributed by atoms with Crippen LogP contribution in [0.5, 0.6) is 11.5 Å². The summed E-state index contributed by atoms with van der Waals surface area (Å²) in [6, 6.07) is 12.8. The minimum absolute atomic E-state index is 0.104. The second-order valence-corrected chi connectivity index (χ2v) is 9.56. The van der Waals surface area contributed by atoms with Crippen molar-refractivity contribution >= 4 is 28.6 Å². The van der Waals surface area contributed by atoms with E-state index in [-0.39, 0.29) is 29.4 Å². The molecule has 0 aliphatic carbocycles. The fourth-order valence-corrected chi connectivity index (χ4v) is 4.66. The Bertz CT molecular complexity index is 1240.